The summed E-state index contributed by atoms with van der Waals surface area (Å²) in [5.74, 6) is -0.630. The number of hydrogen-bond donors (Lipinski definition) is 1. The van der Waals surface area contributed by atoms with Crippen LogP contribution in [-0.2, 0) is 26.6 Å². The van der Waals surface area contributed by atoms with Crippen LogP contribution in [0.25, 0.3) is 0 Å². The van der Waals surface area contributed by atoms with Gasteiger partial charge in [0.1, 0.15) is 5.41 Å². The molecule has 0 aromatic carbocycles. The molecule has 1 aromatic heterocycles. The first-order valence-corrected chi connectivity index (χ1v) is 7.47. The summed E-state index contributed by atoms with van der Waals surface area (Å²) >= 11 is 5.71. The first kappa shape index (κ1) is 15.2. The highest BCUT2D eigenvalue weighted by Gasteiger charge is 2.54. The minimum Gasteiger partial charge on any atom is -0.468 e. The summed E-state index contributed by atoms with van der Waals surface area (Å²) in [4.78, 5) is 15.3. The number of aliphatic hydroxyl groups is 1. The van der Waals surface area contributed by atoms with Gasteiger partial charge in [-0.3, -0.25) is 4.79 Å². The lowest BCUT2D eigenvalue weighted by molar-refractivity contribution is -0.163. The molecule has 1 fully saturated rings. The van der Waals surface area contributed by atoms with E-state index in [1.165, 1.54) is 18.7 Å². The number of carbonyl (C=O) groups excluding carboxylic acids is 1. The molecule has 0 saturated carbocycles. The van der Waals surface area contributed by atoms with Gasteiger partial charge in [-0.1, -0.05) is 0 Å². The molecule has 2 rings (SSSR count). The Kier molecular flexibility index (Phi) is 3.80. The maximum Gasteiger partial charge on any atom is 0.316 e. The molecule has 0 aliphatic carbocycles. The van der Waals surface area contributed by atoms with Crippen LogP contribution in [0.4, 0.5) is 0 Å². The van der Waals surface area contributed by atoms with Crippen LogP contribution in [0.5, 0.6) is 0 Å². The van der Waals surface area contributed by atoms with Crippen molar-refractivity contribution in [1.29, 1.82) is 0 Å². The topological polar surface area (TPSA) is 102 Å². The second kappa shape index (κ2) is 4.99. The van der Waals surface area contributed by atoms with Crippen LogP contribution in [0.3, 0.4) is 0 Å². The van der Waals surface area contributed by atoms with E-state index in [1.54, 1.807) is 0 Å². The minimum absolute atomic E-state index is 0.0467. The predicted octanol–water partition coefficient (Wildman–Crippen LogP) is -0.770. The van der Waals surface area contributed by atoms with Crippen LogP contribution in [-0.4, -0.2) is 60.2 Å². The molecule has 1 aliphatic rings. The van der Waals surface area contributed by atoms with E-state index in [1.807, 2.05) is 0 Å². The van der Waals surface area contributed by atoms with E-state index in [-0.39, 0.29) is 23.4 Å². The zero-order valence-electron chi connectivity index (χ0n) is 10.9. The average molecular weight is 324 g/mol. The zero-order chi connectivity index (χ0) is 15.1. The van der Waals surface area contributed by atoms with Crippen molar-refractivity contribution in [2.75, 3.05) is 26.8 Å². The van der Waals surface area contributed by atoms with E-state index in [2.05, 4.69) is 9.72 Å². The Balaban J connectivity index is 2.24. The summed E-state index contributed by atoms with van der Waals surface area (Å²) in [6.07, 6.45) is 1.15. The van der Waals surface area contributed by atoms with Gasteiger partial charge < -0.3 is 14.4 Å². The lowest BCUT2D eigenvalue weighted by Crippen LogP contribution is -2.64. The molecule has 1 aromatic rings. The SMILES string of the molecule is COC(=O)C1(CO)CN(S(=O)(=O)c2cnc(Cl)n2C)C1. The van der Waals surface area contributed by atoms with E-state index in [0.29, 0.717) is 0 Å². The molecule has 0 bridgehead atoms. The Labute approximate surface area is 121 Å². The Bertz CT molecular complexity index is 635. The van der Waals surface area contributed by atoms with E-state index < -0.39 is 28.0 Å². The van der Waals surface area contributed by atoms with Crippen molar-refractivity contribution in [2.24, 2.45) is 12.5 Å². The average Bonchev–Trinajstić information content (AvgIpc) is 2.69. The molecule has 0 atom stereocenters. The smallest absolute Gasteiger partial charge is 0.316 e. The number of aromatic nitrogens is 2. The molecule has 10 heteroatoms. The third kappa shape index (κ3) is 2.10. The van der Waals surface area contributed by atoms with Crippen LogP contribution in [0, 0.1) is 5.41 Å². The van der Waals surface area contributed by atoms with Gasteiger partial charge in [-0.2, -0.15) is 4.31 Å². The standard InChI is InChI=1S/C10H14ClN3O5S/c1-13-7(3-12-9(13)11)20(17,18)14-4-10(5-14,6-15)8(16)19-2/h3,15H,4-6H2,1-2H3. The second-order valence-corrected chi connectivity index (χ2v) is 6.85. The number of hydrogen-bond acceptors (Lipinski definition) is 6. The molecule has 0 spiro atoms. The third-order valence-electron chi connectivity index (χ3n) is 3.37. The molecule has 20 heavy (non-hydrogen) atoms. The van der Waals surface area contributed by atoms with Crippen LogP contribution in [0.2, 0.25) is 5.28 Å². The summed E-state index contributed by atoms with van der Waals surface area (Å²) in [6, 6.07) is 0. The second-order valence-electron chi connectivity index (χ2n) is 4.63. The number of rotatable bonds is 4. The van der Waals surface area contributed by atoms with Crippen LogP contribution in [0.1, 0.15) is 0 Å². The molecule has 1 N–H and O–H groups in total. The fourth-order valence-electron chi connectivity index (χ4n) is 2.05. The summed E-state index contributed by atoms with van der Waals surface area (Å²) in [5.41, 5.74) is -1.19. The van der Waals surface area contributed by atoms with Crippen LogP contribution >= 0.6 is 11.6 Å². The normalized spacial score (nSPS) is 18.6. The van der Waals surface area contributed by atoms with Crippen molar-refractivity contribution in [3.63, 3.8) is 0 Å². The van der Waals surface area contributed by atoms with Gasteiger partial charge in [0, 0.05) is 20.1 Å². The highest BCUT2D eigenvalue weighted by molar-refractivity contribution is 7.89. The summed E-state index contributed by atoms with van der Waals surface area (Å²) in [5, 5.41) is 9.27. The van der Waals surface area contributed by atoms with Gasteiger partial charge in [0.2, 0.25) is 5.28 Å². The first-order chi connectivity index (χ1) is 9.28. The number of halogens is 1. The Morgan fingerprint density at radius 1 is 1.60 bits per heavy atom. The van der Waals surface area contributed by atoms with E-state index >= 15 is 0 Å². The molecular formula is C10H14ClN3O5S. The molecular weight excluding hydrogens is 310 g/mol. The largest absolute Gasteiger partial charge is 0.468 e. The van der Waals surface area contributed by atoms with Gasteiger partial charge in [0.25, 0.3) is 10.0 Å². The Morgan fingerprint density at radius 2 is 2.20 bits per heavy atom. The summed E-state index contributed by atoms with van der Waals surface area (Å²) < 4.78 is 31.6. The predicted molar refractivity (Wildman–Crippen MR) is 68.5 cm³/mol. The molecule has 112 valence electrons. The van der Waals surface area contributed by atoms with Gasteiger partial charge in [-0.25, -0.2) is 13.4 Å². The van der Waals surface area contributed by atoms with Crippen LogP contribution in [0.15, 0.2) is 11.2 Å². The number of aliphatic hydroxyl groups excluding tert-OH is 1. The van der Waals surface area contributed by atoms with E-state index in [4.69, 9.17) is 11.6 Å². The van der Waals surface area contributed by atoms with Crippen molar-refractivity contribution in [2.45, 2.75) is 5.03 Å². The minimum atomic E-state index is -3.80. The van der Waals surface area contributed by atoms with Gasteiger partial charge in [-0.15, -0.1) is 0 Å². The van der Waals surface area contributed by atoms with Crippen molar-refractivity contribution < 1.29 is 23.1 Å². The summed E-state index contributed by atoms with van der Waals surface area (Å²) in [7, 11) is -1.14. The number of methoxy groups -OCH3 is 1. The number of esters is 1. The fraction of sp³-hybridized carbons (Fsp3) is 0.600. The van der Waals surface area contributed by atoms with Crippen LogP contribution < -0.4 is 0 Å². The molecule has 2 heterocycles. The van der Waals surface area contributed by atoms with Gasteiger partial charge >= 0.3 is 5.97 Å². The Morgan fingerprint density at radius 3 is 2.60 bits per heavy atom. The van der Waals surface area contributed by atoms with Gasteiger partial charge in [0.15, 0.2) is 5.03 Å². The lowest BCUT2D eigenvalue weighted by Gasteiger charge is -2.45. The lowest BCUT2D eigenvalue weighted by atomic mass is 9.83. The maximum absolute atomic E-state index is 12.3. The maximum atomic E-state index is 12.3. The molecule has 1 aliphatic heterocycles. The van der Waals surface area contributed by atoms with E-state index in [9.17, 15) is 18.3 Å². The number of carbonyl (C=O) groups is 1. The van der Waals surface area contributed by atoms with Gasteiger partial charge in [0.05, 0.1) is 19.9 Å². The number of ether oxygens (including phenoxy) is 1. The highest BCUT2D eigenvalue weighted by Crippen LogP contribution is 2.35. The highest BCUT2D eigenvalue weighted by atomic mass is 35.5. The zero-order valence-corrected chi connectivity index (χ0v) is 12.5. The van der Waals surface area contributed by atoms with Crippen molar-refractivity contribution >= 4 is 27.6 Å². The molecule has 8 nitrogen and oxygen atoms in total. The molecule has 0 amide bonds. The first-order valence-electron chi connectivity index (χ1n) is 5.65. The van der Waals surface area contributed by atoms with Gasteiger partial charge in [-0.05, 0) is 11.6 Å². The van der Waals surface area contributed by atoms with Crippen molar-refractivity contribution in [3.05, 3.63) is 11.5 Å². The quantitative estimate of drug-likeness (QED) is 0.730. The molecule has 1 saturated heterocycles. The Hall–Kier alpha value is -1.16. The molecule has 0 unspecified atom stereocenters. The summed E-state index contributed by atoms with van der Waals surface area (Å²) in [6.45, 7) is -0.750. The molecule has 0 radical (unpaired) electrons. The third-order valence-corrected chi connectivity index (χ3v) is 5.57. The van der Waals surface area contributed by atoms with Crippen molar-refractivity contribution in [3.8, 4) is 0 Å². The number of imidazole rings is 1. The number of sulfonamides is 1. The number of nitrogens with zero attached hydrogens (tertiary/aromatic N) is 3. The monoisotopic (exact) mass is 323 g/mol. The van der Waals surface area contributed by atoms with E-state index in [0.717, 1.165) is 10.5 Å². The van der Waals surface area contributed by atoms with Crippen molar-refractivity contribution in [1.82, 2.24) is 13.9 Å². The fourth-order valence-corrected chi connectivity index (χ4v) is 3.96.